The molecule has 1 aliphatic carbocycles. The molecule has 0 radical (unpaired) electrons. The van der Waals surface area contributed by atoms with E-state index in [0.29, 0.717) is 10.9 Å². The molecule has 0 atom stereocenters. The number of carbonyl (C=O) groups is 1. The van der Waals surface area contributed by atoms with Crippen LogP contribution in [0.25, 0.3) is 11.3 Å². The van der Waals surface area contributed by atoms with Gasteiger partial charge < -0.3 is 9.47 Å². The molecule has 0 saturated heterocycles. The molecule has 0 aliphatic heterocycles. The summed E-state index contributed by atoms with van der Waals surface area (Å²) in [5, 5.41) is 5.39. The lowest BCUT2D eigenvalue weighted by atomic mass is 10.1. The number of nitrogens with one attached hydrogen (secondary N) is 1. The zero-order valence-electron chi connectivity index (χ0n) is 14.5. The van der Waals surface area contributed by atoms with E-state index in [0.717, 1.165) is 34.7 Å². The van der Waals surface area contributed by atoms with Gasteiger partial charge in [0.25, 0.3) is 5.91 Å². The Morgan fingerprint density at radius 3 is 2.85 bits per heavy atom. The SMILES string of the molecule is COc1ccc(OC)c(-c2csc(NC(=O)c3cc4c(s3)CCC4)n2)c1. The molecule has 4 rings (SSSR count). The number of thiophene rings is 1. The third-order valence-electron chi connectivity index (χ3n) is 4.38. The molecule has 3 aromatic rings. The zero-order valence-corrected chi connectivity index (χ0v) is 16.1. The fraction of sp³-hybridized carbons (Fsp3) is 0.263. The molecule has 26 heavy (non-hydrogen) atoms. The molecule has 1 amide bonds. The predicted octanol–water partition coefficient (Wildman–Crippen LogP) is 4.63. The fourth-order valence-electron chi connectivity index (χ4n) is 3.07. The maximum absolute atomic E-state index is 12.5. The van der Waals surface area contributed by atoms with Gasteiger partial charge in [0.15, 0.2) is 5.13 Å². The lowest BCUT2D eigenvalue weighted by molar-refractivity contribution is 0.103. The van der Waals surface area contributed by atoms with E-state index in [-0.39, 0.29) is 5.91 Å². The van der Waals surface area contributed by atoms with Crippen molar-refractivity contribution in [2.45, 2.75) is 19.3 Å². The number of fused-ring (bicyclic) bond motifs is 1. The summed E-state index contributed by atoms with van der Waals surface area (Å²) in [4.78, 5) is 19.2. The summed E-state index contributed by atoms with van der Waals surface area (Å²) in [6.45, 7) is 0. The molecule has 0 unspecified atom stereocenters. The minimum absolute atomic E-state index is 0.0945. The average molecular weight is 386 g/mol. The van der Waals surface area contributed by atoms with Crippen LogP contribution in [-0.2, 0) is 12.8 Å². The molecule has 0 spiro atoms. The molecule has 0 fully saturated rings. The largest absolute Gasteiger partial charge is 0.497 e. The lowest BCUT2D eigenvalue weighted by Gasteiger charge is -2.08. The van der Waals surface area contributed by atoms with E-state index in [1.54, 1.807) is 25.6 Å². The number of aryl methyl sites for hydroxylation is 2. The Morgan fingerprint density at radius 1 is 1.19 bits per heavy atom. The van der Waals surface area contributed by atoms with Crippen LogP contribution in [0.15, 0.2) is 29.6 Å². The van der Waals surface area contributed by atoms with Crippen molar-refractivity contribution in [3.8, 4) is 22.8 Å². The first kappa shape index (κ1) is 17.1. The number of carbonyl (C=O) groups excluding carboxylic acids is 1. The van der Waals surface area contributed by atoms with Crippen molar-refractivity contribution in [3.63, 3.8) is 0 Å². The first-order chi connectivity index (χ1) is 12.7. The highest BCUT2D eigenvalue weighted by Gasteiger charge is 2.19. The number of hydrogen-bond acceptors (Lipinski definition) is 6. The van der Waals surface area contributed by atoms with Crippen molar-refractivity contribution < 1.29 is 14.3 Å². The van der Waals surface area contributed by atoms with Gasteiger partial charge >= 0.3 is 0 Å². The first-order valence-corrected chi connectivity index (χ1v) is 9.98. The molecule has 134 valence electrons. The molecule has 5 nitrogen and oxygen atoms in total. The number of benzene rings is 1. The van der Waals surface area contributed by atoms with Crippen LogP contribution in [0.4, 0.5) is 5.13 Å². The topological polar surface area (TPSA) is 60.5 Å². The van der Waals surface area contributed by atoms with Gasteiger partial charge in [-0.25, -0.2) is 4.98 Å². The number of nitrogens with zero attached hydrogens (tertiary/aromatic N) is 1. The third kappa shape index (κ3) is 3.20. The van der Waals surface area contributed by atoms with E-state index in [1.165, 1.54) is 28.2 Å². The highest BCUT2D eigenvalue weighted by Crippen LogP contribution is 2.35. The van der Waals surface area contributed by atoms with Crippen LogP contribution < -0.4 is 14.8 Å². The molecule has 2 heterocycles. The molecule has 2 aromatic heterocycles. The van der Waals surface area contributed by atoms with Gasteiger partial charge in [-0.05, 0) is 49.1 Å². The van der Waals surface area contributed by atoms with Gasteiger partial charge in [0.05, 0.1) is 24.8 Å². The second kappa shape index (κ2) is 7.09. The van der Waals surface area contributed by atoms with Crippen molar-refractivity contribution in [1.82, 2.24) is 4.98 Å². The fourth-order valence-corrected chi connectivity index (χ4v) is 4.92. The second-order valence-corrected chi connectivity index (χ2v) is 7.97. The van der Waals surface area contributed by atoms with E-state index in [2.05, 4.69) is 10.3 Å². The van der Waals surface area contributed by atoms with Gasteiger partial charge in [-0.2, -0.15) is 0 Å². The normalized spacial score (nSPS) is 12.7. The Kier molecular flexibility index (Phi) is 4.65. The summed E-state index contributed by atoms with van der Waals surface area (Å²) in [7, 11) is 3.24. The van der Waals surface area contributed by atoms with Crippen LogP contribution in [0.1, 0.15) is 26.5 Å². The van der Waals surface area contributed by atoms with E-state index >= 15 is 0 Å². The van der Waals surface area contributed by atoms with Gasteiger partial charge in [-0.3, -0.25) is 10.1 Å². The Hall–Kier alpha value is -2.38. The standard InChI is InChI=1S/C19H18N2O3S2/c1-23-12-6-7-15(24-2)13(9-12)14-10-25-19(20-14)21-18(22)17-8-11-4-3-5-16(11)26-17/h6-10H,3-5H2,1-2H3,(H,20,21,22). The minimum Gasteiger partial charge on any atom is -0.497 e. The van der Waals surface area contributed by atoms with E-state index in [9.17, 15) is 4.79 Å². The van der Waals surface area contributed by atoms with E-state index < -0.39 is 0 Å². The molecule has 7 heteroatoms. The number of amides is 1. The van der Waals surface area contributed by atoms with Crippen molar-refractivity contribution in [1.29, 1.82) is 0 Å². The Morgan fingerprint density at radius 2 is 2.08 bits per heavy atom. The number of thiazole rings is 1. The highest BCUT2D eigenvalue weighted by atomic mass is 32.1. The van der Waals surface area contributed by atoms with Crippen molar-refractivity contribution >= 4 is 33.7 Å². The van der Waals surface area contributed by atoms with Gasteiger partial charge in [-0.1, -0.05) is 0 Å². The molecule has 0 bridgehead atoms. The van der Waals surface area contributed by atoms with Gasteiger partial charge in [0.2, 0.25) is 0 Å². The van der Waals surface area contributed by atoms with Crippen LogP contribution in [-0.4, -0.2) is 25.1 Å². The van der Waals surface area contributed by atoms with Crippen LogP contribution in [0.3, 0.4) is 0 Å². The van der Waals surface area contributed by atoms with Crippen LogP contribution in [0.2, 0.25) is 0 Å². The summed E-state index contributed by atoms with van der Waals surface area (Å²) in [5.41, 5.74) is 2.90. The van der Waals surface area contributed by atoms with Crippen LogP contribution in [0, 0.1) is 0 Å². The van der Waals surface area contributed by atoms with Gasteiger partial charge in [0, 0.05) is 15.8 Å². The summed E-state index contributed by atoms with van der Waals surface area (Å²) in [6, 6.07) is 7.58. The third-order valence-corrected chi connectivity index (χ3v) is 6.37. The zero-order chi connectivity index (χ0) is 18.1. The second-order valence-electron chi connectivity index (χ2n) is 5.97. The summed E-state index contributed by atoms with van der Waals surface area (Å²) in [5.74, 6) is 1.35. The van der Waals surface area contributed by atoms with Crippen molar-refractivity contribution in [2.24, 2.45) is 0 Å². The van der Waals surface area contributed by atoms with Crippen molar-refractivity contribution in [3.05, 3.63) is 45.0 Å². The molecular formula is C19H18N2O3S2. The number of aromatic nitrogens is 1. The van der Waals surface area contributed by atoms with Gasteiger partial charge in [0.1, 0.15) is 11.5 Å². The lowest BCUT2D eigenvalue weighted by Crippen LogP contribution is -2.09. The molecule has 0 saturated carbocycles. The molecule has 1 N–H and O–H groups in total. The maximum Gasteiger partial charge on any atom is 0.267 e. The molecule has 1 aromatic carbocycles. The Balaban J connectivity index is 1.55. The number of rotatable bonds is 5. The van der Waals surface area contributed by atoms with Crippen LogP contribution in [0.5, 0.6) is 11.5 Å². The Labute approximate surface area is 159 Å². The monoisotopic (exact) mass is 386 g/mol. The van der Waals surface area contributed by atoms with E-state index in [4.69, 9.17) is 9.47 Å². The number of methoxy groups -OCH3 is 2. The number of hydrogen-bond donors (Lipinski definition) is 1. The van der Waals surface area contributed by atoms with Crippen molar-refractivity contribution in [2.75, 3.05) is 19.5 Å². The van der Waals surface area contributed by atoms with Gasteiger partial charge in [-0.15, -0.1) is 22.7 Å². The smallest absolute Gasteiger partial charge is 0.267 e. The number of ether oxygens (including phenoxy) is 2. The quantitative estimate of drug-likeness (QED) is 0.694. The van der Waals surface area contributed by atoms with E-state index in [1.807, 2.05) is 29.6 Å². The maximum atomic E-state index is 12.5. The predicted molar refractivity (Wildman–Crippen MR) is 105 cm³/mol. The average Bonchev–Trinajstić information content (AvgIpc) is 3.36. The highest BCUT2D eigenvalue weighted by molar-refractivity contribution is 7.15. The summed E-state index contributed by atoms with van der Waals surface area (Å²) in [6.07, 6.45) is 3.36. The Bertz CT molecular complexity index is 940. The number of anilines is 1. The summed E-state index contributed by atoms with van der Waals surface area (Å²) >= 11 is 2.99. The summed E-state index contributed by atoms with van der Waals surface area (Å²) < 4.78 is 10.7. The van der Waals surface area contributed by atoms with Crippen LogP contribution >= 0.6 is 22.7 Å². The first-order valence-electron chi connectivity index (χ1n) is 8.29. The molecule has 1 aliphatic rings. The molecular weight excluding hydrogens is 368 g/mol. The minimum atomic E-state index is -0.0945.